The van der Waals surface area contributed by atoms with E-state index in [2.05, 4.69) is 0 Å². The Hall–Kier alpha value is 0. The molecule has 0 aromatic heterocycles. The van der Waals surface area contributed by atoms with E-state index in [9.17, 15) is 0 Å². The molecule has 2 fully saturated rings. The van der Waals surface area contributed by atoms with E-state index < -0.39 is 0 Å². The van der Waals surface area contributed by atoms with Gasteiger partial charge in [0, 0.05) is 0 Å². The van der Waals surface area contributed by atoms with E-state index in [1.54, 1.807) is 25.7 Å². The predicted molar refractivity (Wildman–Crippen MR) is 67.0 cm³/mol. The lowest BCUT2D eigenvalue weighted by Gasteiger charge is -2.16. The highest BCUT2D eigenvalue weighted by Gasteiger charge is 2.29. The van der Waals surface area contributed by atoms with E-state index >= 15 is 0 Å². The van der Waals surface area contributed by atoms with Gasteiger partial charge in [-0.3, -0.25) is 0 Å². The summed E-state index contributed by atoms with van der Waals surface area (Å²) in [4.78, 5) is 0. The second-order valence-electron chi connectivity index (χ2n) is 5.86. The van der Waals surface area contributed by atoms with Crippen molar-refractivity contribution in [2.75, 3.05) is 0 Å². The fourth-order valence-electron chi connectivity index (χ4n) is 3.23. The summed E-state index contributed by atoms with van der Waals surface area (Å²) >= 11 is 0. The molecule has 2 aliphatic rings. The highest BCUT2D eigenvalue weighted by atomic mass is 14.3. The van der Waals surface area contributed by atoms with Gasteiger partial charge in [0.25, 0.3) is 0 Å². The minimum Gasteiger partial charge on any atom is -0.0533 e. The first kappa shape index (κ1) is 11.5. The van der Waals surface area contributed by atoms with E-state index in [4.69, 9.17) is 0 Å². The van der Waals surface area contributed by atoms with Crippen LogP contribution < -0.4 is 0 Å². The maximum absolute atomic E-state index is 1.56. The van der Waals surface area contributed by atoms with Crippen LogP contribution in [0.2, 0.25) is 0 Å². The molecule has 2 aliphatic carbocycles. The Bertz CT molecular complexity index is 145. The van der Waals surface area contributed by atoms with E-state index in [0.29, 0.717) is 0 Å². The Kier molecular flexibility index (Phi) is 5.02. The quantitative estimate of drug-likeness (QED) is 0.547. The normalized spacial score (nSPS) is 28.0. The molecule has 0 aliphatic heterocycles. The van der Waals surface area contributed by atoms with Crippen LogP contribution in [0.25, 0.3) is 0 Å². The fourth-order valence-corrected chi connectivity index (χ4v) is 3.23. The SMILES string of the molecule is C1CCCCCC(C2CC2)CCCCC1. The largest absolute Gasteiger partial charge is 0.0533 e. The molecule has 0 nitrogen and oxygen atoms in total. The molecule has 0 bridgehead atoms. The van der Waals surface area contributed by atoms with Crippen LogP contribution in [-0.2, 0) is 0 Å². The summed E-state index contributed by atoms with van der Waals surface area (Å²) < 4.78 is 0. The van der Waals surface area contributed by atoms with Gasteiger partial charge in [0.2, 0.25) is 0 Å². The molecule has 0 saturated heterocycles. The molecule has 0 radical (unpaired) electrons. The molecular weight excluding hydrogens is 180 g/mol. The van der Waals surface area contributed by atoms with Gasteiger partial charge >= 0.3 is 0 Å². The Morgan fingerprint density at radius 2 is 0.667 bits per heavy atom. The molecule has 15 heavy (non-hydrogen) atoms. The smallest absolute Gasteiger partial charge is 0.0386 e. The van der Waals surface area contributed by atoms with Crippen molar-refractivity contribution in [3.05, 3.63) is 0 Å². The molecule has 0 heterocycles. The third-order valence-corrected chi connectivity index (χ3v) is 4.44. The predicted octanol–water partition coefficient (Wildman–Crippen LogP) is 5.32. The average molecular weight is 208 g/mol. The second kappa shape index (κ2) is 6.55. The summed E-state index contributed by atoms with van der Waals surface area (Å²) in [5.74, 6) is 2.29. The summed E-state index contributed by atoms with van der Waals surface area (Å²) in [6.07, 6.45) is 19.9. The van der Waals surface area contributed by atoms with Crippen molar-refractivity contribution in [3.63, 3.8) is 0 Å². The molecule has 0 unspecified atom stereocenters. The Morgan fingerprint density at radius 3 is 1.07 bits per heavy atom. The van der Waals surface area contributed by atoms with E-state index in [1.165, 1.54) is 57.8 Å². The monoisotopic (exact) mass is 208 g/mol. The first-order valence-electron chi connectivity index (χ1n) is 7.47. The van der Waals surface area contributed by atoms with Gasteiger partial charge in [-0.25, -0.2) is 0 Å². The summed E-state index contributed by atoms with van der Waals surface area (Å²) in [5.41, 5.74) is 0. The van der Waals surface area contributed by atoms with Crippen molar-refractivity contribution in [2.45, 2.75) is 83.5 Å². The standard InChI is InChI=1S/C15H28/c1-2-4-6-8-10-14(15-12-13-15)11-9-7-5-3-1/h14-15H,1-13H2. The molecule has 0 amide bonds. The third kappa shape index (κ3) is 4.57. The third-order valence-electron chi connectivity index (χ3n) is 4.44. The van der Waals surface area contributed by atoms with Gasteiger partial charge in [-0.2, -0.15) is 0 Å². The maximum Gasteiger partial charge on any atom is -0.0386 e. The van der Waals surface area contributed by atoms with Crippen LogP contribution in [0.3, 0.4) is 0 Å². The molecule has 0 N–H and O–H groups in total. The van der Waals surface area contributed by atoms with Gasteiger partial charge < -0.3 is 0 Å². The topological polar surface area (TPSA) is 0 Å². The van der Waals surface area contributed by atoms with Gasteiger partial charge in [0.05, 0.1) is 0 Å². The van der Waals surface area contributed by atoms with Gasteiger partial charge in [-0.05, 0) is 24.7 Å². The highest BCUT2D eigenvalue weighted by Crippen LogP contribution is 2.42. The zero-order valence-corrected chi connectivity index (χ0v) is 10.3. The first-order valence-corrected chi connectivity index (χ1v) is 7.47. The summed E-state index contributed by atoms with van der Waals surface area (Å²) in [5, 5.41) is 0. The average Bonchev–Trinajstić information content (AvgIpc) is 3.02. The molecule has 0 atom stereocenters. The van der Waals surface area contributed by atoms with E-state index in [1.807, 2.05) is 0 Å². The lowest BCUT2D eigenvalue weighted by atomic mass is 9.89. The van der Waals surface area contributed by atoms with Crippen molar-refractivity contribution >= 4 is 0 Å². The minimum atomic E-state index is 1.13. The first-order chi connectivity index (χ1) is 7.47. The number of hydrogen-bond donors (Lipinski definition) is 0. The van der Waals surface area contributed by atoms with Gasteiger partial charge in [-0.15, -0.1) is 0 Å². The Morgan fingerprint density at radius 1 is 0.333 bits per heavy atom. The molecule has 2 rings (SSSR count). The van der Waals surface area contributed by atoms with E-state index in [0.717, 1.165) is 11.8 Å². The highest BCUT2D eigenvalue weighted by molar-refractivity contribution is 4.81. The number of hydrogen-bond acceptors (Lipinski definition) is 0. The Labute approximate surface area is 95.8 Å². The lowest BCUT2D eigenvalue weighted by molar-refractivity contribution is 0.357. The summed E-state index contributed by atoms with van der Waals surface area (Å²) in [6.45, 7) is 0. The van der Waals surface area contributed by atoms with Gasteiger partial charge in [-0.1, -0.05) is 70.6 Å². The van der Waals surface area contributed by atoms with Crippen LogP contribution in [0, 0.1) is 11.8 Å². The van der Waals surface area contributed by atoms with Crippen LogP contribution in [-0.4, -0.2) is 0 Å². The molecule has 2 saturated carbocycles. The van der Waals surface area contributed by atoms with Crippen LogP contribution in [0.5, 0.6) is 0 Å². The minimum absolute atomic E-state index is 1.13. The summed E-state index contributed by atoms with van der Waals surface area (Å²) in [7, 11) is 0. The molecule has 0 spiro atoms. The van der Waals surface area contributed by atoms with E-state index in [-0.39, 0.29) is 0 Å². The van der Waals surface area contributed by atoms with Gasteiger partial charge in [0.15, 0.2) is 0 Å². The number of rotatable bonds is 1. The van der Waals surface area contributed by atoms with Crippen molar-refractivity contribution in [3.8, 4) is 0 Å². The second-order valence-corrected chi connectivity index (χ2v) is 5.86. The molecule has 88 valence electrons. The van der Waals surface area contributed by atoms with Crippen LogP contribution in [0.1, 0.15) is 83.5 Å². The zero-order valence-electron chi connectivity index (χ0n) is 10.3. The van der Waals surface area contributed by atoms with Crippen LogP contribution in [0.4, 0.5) is 0 Å². The Balaban J connectivity index is 1.69. The van der Waals surface area contributed by atoms with Gasteiger partial charge in [0.1, 0.15) is 0 Å². The van der Waals surface area contributed by atoms with Crippen molar-refractivity contribution < 1.29 is 0 Å². The lowest BCUT2D eigenvalue weighted by Crippen LogP contribution is -2.03. The van der Waals surface area contributed by atoms with Crippen LogP contribution in [0.15, 0.2) is 0 Å². The van der Waals surface area contributed by atoms with Crippen molar-refractivity contribution in [1.82, 2.24) is 0 Å². The zero-order chi connectivity index (χ0) is 10.3. The molecule has 0 aromatic carbocycles. The van der Waals surface area contributed by atoms with Crippen molar-refractivity contribution in [1.29, 1.82) is 0 Å². The molecule has 0 heteroatoms. The van der Waals surface area contributed by atoms with Crippen molar-refractivity contribution in [2.24, 2.45) is 11.8 Å². The maximum atomic E-state index is 1.56. The summed E-state index contributed by atoms with van der Waals surface area (Å²) in [6, 6.07) is 0. The molecule has 0 aromatic rings. The van der Waals surface area contributed by atoms with Crippen LogP contribution >= 0.6 is 0 Å². The molecular formula is C15H28. The fraction of sp³-hybridized carbons (Fsp3) is 1.00.